The standard InChI is InChI=1S/C25H22FN5O4S/c1-16-8-11-20(31(33)34)14-22(16)27-23(32)15-36-25-29-28-24(30(25)19-6-4-3-5-7-19)17(2)35-21-12-9-18(26)10-13-21/h3-14,17H,15H2,1-2H3,(H,27,32). The van der Waals surface area contributed by atoms with Gasteiger partial charge in [0, 0.05) is 17.8 Å². The van der Waals surface area contributed by atoms with Gasteiger partial charge in [-0.2, -0.15) is 0 Å². The van der Waals surface area contributed by atoms with Crippen molar-refractivity contribution >= 4 is 29.0 Å². The first-order chi connectivity index (χ1) is 17.3. The number of non-ortho nitro benzene ring substituents is 1. The second-order valence-corrected chi connectivity index (χ2v) is 8.76. The molecule has 36 heavy (non-hydrogen) atoms. The molecule has 4 rings (SSSR count). The van der Waals surface area contributed by atoms with Crippen LogP contribution in [-0.4, -0.2) is 31.3 Å². The van der Waals surface area contributed by atoms with Crippen molar-refractivity contribution in [1.29, 1.82) is 0 Å². The summed E-state index contributed by atoms with van der Waals surface area (Å²) in [6.45, 7) is 3.56. The fourth-order valence-electron chi connectivity index (χ4n) is 3.40. The number of nitrogens with one attached hydrogen (secondary N) is 1. The van der Waals surface area contributed by atoms with Crippen LogP contribution < -0.4 is 10.1 Å². The third-order valence-electron chi connectivity index (χ3n) is 5.20. The zero-order valence-corrected chi connectivity index (χ0v) is 20.2. The molecule has 1 aromatic heterocycles. The van der Waals surface area contributed by atoms with Crippen molar-refractivity contribution in [2.75, 3.05) is 11.1 Å². The summed E-state index contributed by atoms with van der Waals surface area (Å²) in [5.74, 6) is 0.277. The molecule has 0 aliphatic heterocycles. The molecule has 4 aromatic rings. The van der Waals surface area contributed by atoms with E-state index in [2.05, 4.69) is 15.5 Å². The number of amides is 1. The number of rotatable bonds is 9. The summed E-state index contributed by atoms with van der Waals surface area (Å²) in [5.41, 5.74) is 1.76. The largest absolute Gasteiger partial charge is 0.483 e. The number of carbonyl (C=O) groups is 1. The number of aromatic nitrogens is 3. The van der Waals surface area contributed by atoms with Crippen LogP contribution in [0.4, 0.5) is 15.8 Å². The molecule has 0 aliphatic rings. The maximum Gasteiger partial charge on any atom is 0.271 e. The molecule has 0 saturated carbocycles. The molecule has 11 heteroatoms. The lowest BCUT2D eigenvalue weighted by molar-refractivity contribution is -0.384. The third-order valence-corrected chi connectivity index (χ3v) is 6.13. The predicted octanol–water partition coefficient (Wildman–Crippen LogP) is 5.49. The van der Waals surface area contributed by atoms with Crippen LogP contribution in [0.2, 0.25) is 0 Å². The first kappa shape index (κ1) is 24.9. The highest BCUT2D eigenvalue weighted by molar-refractivity contribution is 7.99. The van der Waals surface area contributed by atoms with Crippen LogP contribution >= 0.6 is 11.8 Å². The minimum Gasteiger partial charge on any atom is -0.483 e. The van der Waals surface area contributed by atoms with E-state index in [0.29, 0.717) is 28.0 Å². The average Bonchev–Trinajstić information content (AvgIpc) is 3.30. The molecular weight excluding hydrogens is 485 g/mol. The molecule has 184 valence electrons. The molecule has 0 fully saturated rings. The SMILES string of the molecule is Cc1ccc([N+](=O)[O-])cc1NC(=O)CSc1nnc(C(C)Oc2ccc(F)cc2)n1-c1ccccc1. The lowest BCUT2D eigenvalue weighted by Gasteiger charge is -2.16. The summed E-state index contributed by atoms with van der Waals surface area (Å²) in [6.07, 6.45) is -0.529. The van der Waals surface area contributed by atoms with Gasteiger partial charge < -0.3 is 10.1 Å². The number of nitro benzene ring substituents is 1. The fraction of sp³-hybridized carbons (Fsp3) is 0.160. The van der Waals surface area contributed by atoms with Gasteiger partial charge in [0.15, 0.2) is 17.1 Å². The topological polar surface area (TPSA) is 112 Å². The number of ether oxygens (including phenoxy) is 1. The minimum atomic E-state index is -0.529. The third kappa shape index (κ3) is 5.87. The van der Waals surface area contributed by atoms with Crippen molar-refractivity contribution in [1.82, 2.24) is 14.8 Å². The molecule has 1 amide bonds. The number of nitro groups is 1. The van der Waals surface area contributed by atoms with E-state index in [9.17, 15) is 19.3 Å². The highest BCUT2D eigenvalue weighted by atomic mass is 32.2. The number of carbonyl (C=O) groups excluding carboxylic acids is 1. The summed E-state index contributed by atoms with van der Waals surface area (Å²) < 4.78 is 21.0. The summed E-state index contributed by atoms with van der Waals surface area (Å²) in [5, 5.41) is 22.8. The Balaban J connectivity index is 1.53. The van der Waals surface area contributed by atoms with Gasteiger partial charge in [0.25, 0.3) is 5.69 Å². The van der Waals surface area contributed by atoms with E-state index in [1.54, 1.807) is 24.5 Å². The first-order valence-electron chi connectivity index (χ1n) is 10.9. The first-order valence-corrected chi connectivity index (χ1v) is 11.9. The zero-order valence-electron chi connectivity index (χ0n) is 19.4. The Bertz CT molecular complexity index is 1380. The van der Waals surface area contributed by atoms with Gasteiger partial charge in [0.1, 0.15) is 11.6 Å². The van der Waals surface area contributed by atoms with Crippen LogP contribution in [0.15, 0.2) is 78.0 Å². The second-order valence-electron chi connectivity index (χ2n) is 7.82. The molecule has 0 aliphatic carbocycles. The van der Waals surface area contributed by atoms with E-state index < -0.39 is 11.0 Å². The Morgan fingerprint density at radius 1 is 1.14 bits per heavy atom. The van der Waals surface area contributed by atoms with Gasteiger partial charge in [0.05, 0.1) is 16.4 Å². The van der Waals surface area contributed by atoms with Crippen molar-refractivity contribution < 1.29 is 18.8 Å². The van der Waals surface area contributed by atoms with Crippen LogP contribution in [-0.2, 0) is 4.79 Å². The fourth-order valence-corrected chi connectivity index (χ4v) is 4.16. The molecule has 3 aromatic carbocycles. The van der Waals surface area contributed by atoms with Crippen LogP contribution in [0.1, 0.15) is 24.4 Å². The number of para-hydroxylation sites is 1. The number of benzene rings is 3. The van der Waals surface area contributed by atoms with Crippen LogP contribution in [0, 0.1) is 22.9 Å². The lowest BCUT2D eigenvalue weighted by Crippen LogP contribution is -2.16. The Kier molecular flexibility index (Phi) is 7.59. The Morgan fingerprint density at radius 3 is 2.56 bits per heavy atom. The maximum absolute atomic E-state index is 13.3. The van der Waals surface area contributed by atoms with Crippen molar-refractivity contribution in [2.45, 2.75) is 25.1 Å². The number of hydrogen-bond donors (Lipinski definition) is 1. The number of anilines is 1. The van der Waals surface area contributed by atoms with E-state index in [4.69, 9.17) is 4.74 Å². The van der Waals surface area contributed by atoms with Crippen molar-refractivity contribution in [3.8, 4) is 11.4 Å². The highest BCUT2D eigenvalue weighted by Gasteiger charge is 2.22. The van der Waals surface area contributed by atoms with Crippen molar-refractivity contribution in [3.05, 3.63) is 100 Å². The van der Waals surface area contributed by atoms with E-state index in [-0.39, 0.29) is 23.2 Å². The monoisotopic (exact) mass is 507 g/mol. The number of aryl methyl sites for hydroxylation is 1. The normalized spacial score (nSPS) is 11.6. The van der Waals surface area contributed by atoms with Gasteiger partial charge in [-0.3, -0.25) is 19.5 Å². The van der Waals surface area contributed by atoms with Gasteiger partial charge in [-0.15, -0.1) is 10.2 Å². The summed E-state index contributed by atoms with van der Waals surface area (Å²) in [7, 11) is 0. The van der Waals surface area contributed by atoms with E-state index in [1.165, 1.54) is 48.2 Å². The Hall–Kier alpha value is -4.25. The van der Waals surface area contributed by atoms with Gasteiger partial charge in [-0.25, -0.2) is 4.39 Å². The quantitative estimate of drug-likeness (QED) is 0.181. The molecule has 1 unspecified atom stereocenters. The van der Waals surface area contributed by atoms with E-state index in [1.807, 2.05) is 30.3 Å². The van der Waals surface area contributed by atoms with Crippen LogP contribution in [0.25, 0.3) is 5.69 Å². The molecule has 0 saturated heterocycles. The van der Waals surface area contributed by atoms with E-state index >= 15 is 0 Å². The van der Waals surface area contributed by atoms with Crippen LogP contribution in [0.5, 0.6) is 5.75 Å². The van der Waals surface area contributed by atoms with Gasteiger partial charge in [-0.05, 0) is 55.8 Å². The summed E-state index contributed by atoms with van der Waals surface area (Å²) in [4.78, 5) is 23.2. The molecule has 1 atom stereocenters. The number of halogens is 1. The van der Waals surface area contributed by atoms with Gasteiger partial charge in [0.2, 0.25) is 5.91 Å². The lowest BCUT2D eigenvalue weighted by atomic mass is 10.2. The highest BCUT2D eigenvalue weighted by Crippen LogP contribution is 2.28. The predicted molar refractivity (Wildman–Crippen MR) is 134 cm³/mol. The molecule has 1 heterocycles. The van der Waals surface area contributed by atoms with Gasteiger partial charge in [-0.1, -0.05) is 36.0 Å². The molecule has 0 spiro atoms. The smallest absolute Gasteiger partial charge is 0.271 e. The number of nitrogens with zero attached hydrogens (tertiary/aromatic N) is 4. The van der Waals surface area contributed by atoms with Crippen LogP contribution in [0.3, 0.4) is 0 Å². The zero-order chi connectivity index (χ0) is 25.7. The Morgan fingerprint density at radius 2 is 1.86 bits per heavy atom. The summed E-state index contributed by atoms with van der Waals surface area (Å²) in [6, 6.07) is 19.4. The molecule has 9 nitrogen and oxygen atoms in total. The van der Waals surface area contributed by atoms with E-state index in [0.717, 1.165) is 5.69 Å². The van der Waals surface area contributed by atoms with Crippen molar-refractivity contribution in [3.63, 3.8) is 0 Å². The molecule has 0 radical (unpaired) electrons. The number of thioether (sulfide) groups is 1. The molecular formula is C25H22FN5O4S. The van der Waals surface area contributed by atoms with Gasteiger partial charge >= 0.3 is 0 Å². The number of hydrogen-bond acceptors (Lipinski definition) is 7. The minimum absolute atomic E-state index is 0.000297. The average molecular weight is 508 g/mol. The molecule has 0 bridgehead atoms. The Labute approximate surface area is 210 Å². The molecule has 1 N–H and O–H groups in total. The maximum atomic E-state index is 13.3. The van der Waals surface area contributed by atoms with Crippen molar-refractivity contribution in [2.24, 2.45) is 0 Å². The second kappa shape index (κ2) is 11.0. The summed E-state index contributed by atoms with van der Waals surface area (Å²) >= 11 is 1.17.